The standard InChI is InChI=1S/C13H12ClN3O3/c14-10-2-1-9(13(5-10)17(18)19)8-20-12-4-3-11(6-15)16-7-12/h1-5,7H,6,8,15H2. The fraction of sp³-hybridized carbons (Fsp3) is 0.154. The van der Waals surface area contributed by atoms with E-state index in [1.807, 2.05) is 0 Å². The Kier molecular flexibility index (Phi) is 4.49. The third kappa shape index (κ3) is 3.43. The summed E-state index contributed by atoms with van der Waals surface area (Å²) >= 11 is 5.74. The van der Waals surface area contributed by atoms with E-state index in [9.17, 15) is 10.1 Å². The Labute approximate surface area is 120 Å². The zero-order valence-corrected chi connectivity index (χ0v) is 11.2. The van der Waals surface area contributed by atoms with Gasteiger partial charge in [-0.05, 0) is 24.3 Å². The van der Waals surface area contributed by atoms with E-state index in [1.165, 1.54) is 12.3 Å². The molecule has 0 bridgehead atoms. The molecule has 1 aromatic carbocycles. The molecular weight excluding hydrogens is 282 g/mol. The van der Waals surface area contributed by atoms with Crippen LogP contribution in [0.4, 0.5) is 5.69 Å². The highest BCUT2D eigenvalue weighted by Gasteiger charge is 2.14. The minimum absolute atomic E-state index is 0.0657. The highest BCUT2D eigenvalue weighted by Crippen LogP contribution is 2.24. The van der Waals surface area contributed by atoms with Crippen LogP contribution in [0.2, 0.25) is 5.02 Å². The van der Waals surface area contributed by atoms with E-state index in [1.54, 1.807) is 24.3 Å². The fourth-order valence-corrected chi connectivity index (χ4v) is 1.77. The van der Waals surface area contributed by atoms with Crippen molar-refractivity contribution in [3.05, 3.63) is 62.9 Å². The van der Waals surface area contributed by atoms with Crippen molar-refractivity contribution in [2.75, 3.05) is 0 Å². The highest BCUT2D eigenvalue weighted by molar-refractivity contribution is 6.30. The number of pyridine rings is 1. The zero-order chi connectivity index (χ0) is 14.5. The molecule has 0 saturated heterocycles. The van der Waals surface area contributed by atoms with Crippen LogP contribution in [0.1, 0.15) is 11.3 Å². The number of rotatable bonds is 5. The minimum Gasteiger partial charge on any atom is -0.487 e. The van der Waals surface area contributed by atoms with Gasteiger partial charge in [-0.1, -0.05) is 11.6 Å². The molecule has 0 atom stereocenters. The smallest absolute Gasteiger partial charge is 0.277 e. The van der Waals surface area contributed by atoms with Crippen molar-refractivity contribution in [1.29, 1.82) is 0 Å². The van der Waals surface area contributed by atoms with Gasteiger partial charge in [0.15, 0.2) is 0 Å². The van der Waals surface area contributed by atoms with E-state index in [4.69, 9.17) is 22.1 Å². The Morgan fingerprint density at radius 2 is 2.15 bits per heavy atom. The molecule has 2 rings (SSSR count). The molecule has 1 aromatic heterocycles. The molecule has 0 unspecified atom stereocenters. The molecule has 6 nitrogen and oxygen atoms in total. The number of hydrogen-bond acceptors (Lipinski definition) is 5. The molecule has 7 heteroatoms. The van der Waals surface area contributed by atoms with Gasteiger partial charge in [0, 0.05) is 17.6 Å². The summed E-state index contributed by atoms with van der Waals surface area (Å²) in [7, 11) is 0. The lowest BCUT2D eigenvalue weighted by molar-refractivity contribution is -0.385. The van der Waals surface area contributed by atoms with Crippen LogP contribution in [-0.2, 0) is 13.2 Å². The van der Waals surface area contributed by atoms with Crippen molar-refractivity contribution in [3.8, 4) is 5.75 Å². The predicted molar refractivity (Wildman–Crippen MR) is 74.6 cm³/mol. The normalized spacial score (nSPS) is 10.3. The topological polar surface area (TPSA) is 91.3 Å². The monoisotopic (exact) mass is 293 g/mol. The molecule has 0 aliphatic heterocycles. The molecule has 0 amide bonds. The molecule has 0 fully saturated rings. The first-order chi connectivity index (χ1) is 9.60. The number of hydrogen-bond donors (Lipinski definition) is 1. The fourth-order valence-electron chi connectivity index (χ4n) is 1.61. The highest BCUT2D eigenvalue weighted by atomic mass is 35.5. The second-order valence-electron chi connectivity index (χ2n) is 4.01. The summed E-state index contributed by atoms with van der Waals surface area (Å²) in [6, 6.07) is 7.92. The van der Waals surface area contributed by atoms with Crippen molar-refractivity contribution in [3.63, 3.8) is 0 Å². The molecule has 2 N–H and O–H groups in total. The summed E-state index contributed by atoms with van der Waals surface area (Å²) in [4.78, 5) is 14.5. The maximum atomic E-state index is 10.9. The van der Waals surface area contributed by atoms with E-state index < -0.39 is 4.92 Å². The van der Waals surface area contributed by atoms with Crippen LogP contribution >= 0.6 is 11.6 Å². The van der Waals surface area contributed by atoms with E-state index in [-0.39, 0.29) is 12.3 Å². The Hall–Kier alpha value is -2.18. The largest absolute Gasteiger partial charge is 0.487 e. The van der Waals surface area contributed by atoms with Crippen molar-refractivity contribution in [2.24, 2.45) is 5.73 Å². The number of nitro groups is 1. The lowest BCUT2D eigenvalue weighted by Gasteiger charge is -2.07. The average molecular weight is 294 g/mol. The summed E-state index contributed by atoms with van der Waals surface area (Å²) in [5, 5.41) is 11.2. The second kappa shape index (κ2) is 6.31. The van der Waals surface area contributed by atoms with Crippen molar-refractivity contribution >= 4 is 17.3 Å². The van der Waals surface area contributed by atoms with Crippen LogP contribution in [0.3, 0.4) is 0 Å². The maximum Gasteiger partial charge on any atom is 0.277 e. The van der Waals surface area contributed by atoms with Gasteiger partial charge in [-0.15, -0.1) is 0 Å². The molecule has 0 aliphatic carbocycles. The van der Waals surface area contributed by atoms with Gasteiger partial charge in [-0.3, -0.25) is 15.1 Å². The molecular formula is C13H12ClN3O3. The van der Waals surface area contributed by atoms with Crippen LogP contribution in [0.5, 0.6) is 5.75 Å². The summed E-state index contributed by atoms with van der Waals surface area (Å²) in [6.07, 6.45) is 1.53. The first-order valence-electron chi connectivity index (χ1n) is 5.81. The van der Waals surface area contributed by atoms with Crippen LogP contribution in [0, 0.1) is 10.1 Å². The molecule has 2 aromatic rings. The molecule has 0 radical (unpaired) electrons. The molecule has 104 valence electrons. The van der Waals surface area contributed by atoms with Crippen LogP contribution < -0.4 is 10.5 Å². The molecule has 1 heterocycles. The van der Waals surface area contributed by atoms with Gasteiger partial charge in [0.2, 0.25) is 0 Å². The summed E-state index contributed by atoms with van der Waals surface area (Å²) < 4.78 is 5.47. The Bertz CT molecular complexity index is 617. The third-order valence-electron chi connectivity index (χ3n) is 2.65. The average Bonchev–Trinajstić information content (AvgIpc) is 2.46. The predicted octanol–water partition coefficient (Wildman–Crippen LogP) is 2.68. The number of ether oxygens (including phenoxy) is 1. The number of nitrogens with zero attached hydrogens (tertiary/aromatic N) is 2. The summed E-state index contributed by atoms with van der Waals surface area (Å²) in [5.41, 5.74) is 6.57. The van der Waals surface area contributed by atoms with Crippen LogP contribution in [-0.4, -0.2) is 9.91 Å². The quantitative estimate of drug-likeness (QED) is 0.676. The minimum atomic E-state index is -0.486. The van der Waals surface area contributed by atoms with E-state index in [0.717, 1.165) is 5.69 Å². The number of halogens is 1. The lowest BCUT2D eigenvalue weighted by atomic mass is 10.2. The number of benzene rings is 1. The number of aromatic nitrogens is 1. The van der Waals surface area contributed by atoms with Gasteiger partial charge < -0.3 is 10.5 Å². The van der Waals surface area contributed by atoms with Gasteiger partial charge in [-0.25, -0.2) is 0 Å². The Morgan fingerprint density at radius 3 is 2.75 bits per heavy atom. The van der Waals surface area contributed by atoms with Crippen molar-refractivity contribution in [1.82, 2.24) is 4.98 Å². The van der Waals surface area contributed by atoms with E-state index in [0.29, 0.717) is 22.9 Å². The van der Waals surface area contributed by atoms with Gasteiger partial charge in [-0.2, -0.15) is 0 Å². The Morgan fingerprint density at radius 1 is 1.35 bits per heavy atom. The van der Waals surface area contributed by atoms with Gasteiger partial charge in [0.25, 0.3) is 5.69 Å². The number of nitrogens with two attached hydrogens (primary N) is 1. The molecule has 0 saturated carbocycles. The Balaban J connectivity index is 2.12. The van der Waals surface area contributed by atoms with Crippen molar-refractivity contribution in [2.45, 2.75) is 13.2 Å². The molecule has 0 spiro atoms. The maximum absolute atomic E-state index is 10.9. The first kappa shape index (κ1) is 14.2. The van der Waals surface area contributed by atoms with Gasteiger partial charge in [0.1, 0.15) is 12.4 Å². The summed E-state index contributed by atoms with van der Waals surface area (Å²) in [6.45, 7) is 0.417. The number of nitro benzene ring substituents is 1. The van der Waals surface area contributed by atoms with Crippen LogP contribution in [0.15, 0.2) is 36.5 Å². The van der Waals surface area contributed by atoms with E-state index in [2.05, 4.69) is 4.98 Å². The lowest BCUT2D eigenvalue weighted by Crippen LogP contribution is -2.02. The molecule has 20 heavy (non-hydrogen) atoms. The SMILES string of the molecule is NCc1ccc(OCc2ccc(Cl)cc2[N+](=O)[O-])cn1. The summed E-state index contributed by atoms with van der Waals surface area (Å²) in [5.74, 6) is 0.520. The molecule has 0 aliphatic rings. The second-order valence-corrected chi connectivity index (χ2v) is 4.44. The van der Waals surface area contributed by atoms with Gasteiger partial charge in [0.05, 0.1) is 22.4 Å². The third-order valence-corrected chi connectivity index (χ3v) is 2.88. The van der Waals surface area contributed by atoms with E-state index >= 15 is 0 Å². The first-order valence-corrected chi connectivity index (χ1v) is 6.18. The van der Waals surface area contributed by atoms with Crippen LogP contribution in [0.25, 0.3) is 0 Å². The van der Waals surface area contributed by atoms with Gasteiger partial charge >= 0.3 is 0 Å². The zero-order valence-electron chi connectivity index (χ0n) is 10.5. The van der Waals surface area contributed by atoms with Crippen molar-refractivity contribution < 1.29 is 9.66 Å².